The molecule has 0 radical (unpaired) electrons. The van der Waals surface area contributed by atoms with Crippen LogP contribution in [-0.2, 0) is 24.0 Å². The van der Waals surface area contributed by atoms with Gasteiger partial charge < -0.3 is 9.47 Å². The van der Waals surface area contributed by atoms with Crippen molar-refractivity contribution in [2.45, 2.75) is 13.2 Å². The van der Waals surface area contributed by atoms with Gasteiger partial charge in [0.2, 0.25) is 6.29 Å². The molecule has 0 saturated heterocycles. The van der Waals surface area contributed by atoms with E-state index in [1.54, 1.807) is 6.92 Å². The standard InChI is InChI=1S/C11H12INO5S/c1-7-17-10(6-16-19(13,14)15)11(18-7)8-4-2-3-5-9(8)12/h2-5,7H,6H2,1H3,(H2,13,14,15). The van der Waals surface area contributed by atoms with Crippen LogP contribution in [0.1, 0.15) is 12.5 Å². The number of benzene rings is 1. The fourth-order valence-corrected chi connectivity index (χ4v) is 2.51. The second-order valence-electron chi connectivity index (χ2n) is 3.79. The number of hydrogen-bond donors (Lipinski definition) is 1. The summed E-state index contributed by atoms with van der Waals surface area (Å²) in [6.07, 6.45) is -0.495. The van der Waals surface area contributed by atoms with Gasteiger partial charge in [0.1, 0.15) is 6.61 Å². The second kappa shape index (κ2) is 5.65. The van der Waals surface area contributed by atoms with E-state index in [0.29, 0.717) is 11.5 Å². The molecule has 0 amide bonds. The predicted molar refractivity (Wildman–Crippen MR) is 76.8 cm³/mol. The van der Waals surface area contributed by atoms with Crippen LogP contribution in [0.25, 0.3) is 5.76 Å². The first kappa shape index (κ1) is 14.6. The molecule has 0 spiro atoms. The van der Waals surface area contributed by atoms with Crippen molar-refractivity contribution in [3.8, 4) is 0 Å². The Hall–Kier alpha value is -0.840. The number of ether oxygens (including phenoxy) is 2. The number of hydrogen-bond acceptors (Lipinski definition) is 5. The first-order valence-electron chi connectivity index (χ1n) is 5.35. The lowest BCUT2D eigenvalue weighted by Crippen LogP contribution is -2.18. The molecule has 1 aliphatic rings. The molecule has 0 fully saturated rings. The van der Waals surface area contributed by atoms with Crippen LogP contribution in [0, 0.1) is 3.57 Å². The maximum atomic E-state index is 10.8. The Balaban J connectivity index is 2.31. The van der Waals surface area contributed by atoms with Gasteiger partial charge >= 0.3 is 10.3 Å². The molecule has 8 heteroatoms. The first-order chi connectivity index (χ1) is 8.87. The van der Waals surface area contributed by atoms with Crippen LogP contribution < -0.4 is 5.14 Å². The molecule has 1 unspecified atom stereocenters. The molecule has 0 bridgehead atoms. The fraction of sp³-hybridized carbons (Fsp3) is 0.273. The van der Waals surface area contributed by atoms with Crippen molar-refractivity contribution in [1.29, 1.82) is 0 Å². The highest BCUT2D eigenvalue weighted by Gasteiger charge is 2.27. The van der Waals surface area contributed by atoms with Gasteiger partial charge in [0.25, 0.3) is 0 Å². The zero-order chi connectivity index (χ0) is 14.0. The lowest BCUT2D eigenvalue weighted by atomic mass is 10.2. The monoisotopic (exact) mass is 397 g/mol. The molecule has 1 atom stereocenters. The minimum absolute atomic E-state index is 0.288. The van der Waals surface area contributed by atoms with Gasteiger partial charge in [0, 0.05) is 16.1 Å². The summed E-state index contributed by atoms with van der Waals surface area (Å²) >= 11 is 2.16. The summed E-state index contributed by atoms with van der Waals surface area (Å²) in [5, 5.41) is 4.79. The van der Waals surface area contributed by atoms with Gasteiger partial charge in [0.05, 0.1) is 0 Å². The van der Waals surface area contributed by atoms with E-state index in [0.717, 1.165) is 9.13 Å². The Morgan fingerprint density at radius 2 is 2.05 bits per heavy atom. The maximum absolute atomic E-state index is 10.8. The van der Waals surface area contributed by atoms with E-state index in [2.05, 4.69) is 26.8 Å². The topological polar surface area (TPSA) is 87.9 Å². The van der Waals surface area contributed by atoms with Gasteiger partial charge in [-0.2, -0.15) is 8.42 Å². The van der Waals surface area contributed by atoms with Crippen LogP contribution >= 0.6 is 22.6 Å². The fourth-order valence-electron chi connectivity index (χ4n) is 1.60. The third kappa shape index (κ3) is 3.81. The van der Waals surface area contributed by atoms with E-state index in [4.69, 9.17) is 14.6 Å². The highest BCUT2D eigenvalue weighted by atomic mass is 127. The lowest BCUT2D eigenvalue weighted by molar-refractivity contribution is -0.0142. The molecule has 0 aliphatic carbocycles. The van der Waals surface area contributed by atoms with Crippen LogP contribution in [0.2, 0.25) is 0 Å². The minimum atomic E-state index is -4.02. The van der Waals surface area contributed by atoms with E-state index >= 15 is 0 Å². The quantitative estimate of drug-likeness (QED) is 0.780. The number of nitrogens with two attached hydrogens (primary N) is 1. The average Bonchev–Trinajstić information content (AvgIpc) is 2.67. The Morgan fingerprint density at radius 3 is 2.68 bits per heavy atom. The molecule has 1 aromatic rings. The van der Waals surface area contributed by atoms with Gasteiger partial charge in [-0.05, 0) is 28.7 Å². The van der Waals surface area contributed by atoms with Crippen molar-refractivity contribution in [3.63, 3.8) is 0 Å². The van der Waals surface area contributed by atoms with E-state index in [1.807, 2.05) is 24.3 Å². The average molecular weight is 397 g/mol. The molecule has 1 aliphatic heterocycles. The molecule has 0 aromatic heterocycles. The van der Waals surface area contributed by atoms with Gasteiger partial charge in [-0.15, -0.1) is 0 Å². The number of rotatable bonds is 4. The molecular weight excluding hydrogens is 385 g/mol. The molecule has 1 aromatic carbocycles. The highest BCUT2D eigenvalue weighted by molar-refractivity contribution is 14.1. The molecule has 1 heterocycles. The Morgan fingerprint density at radius 1 is 1.37 bits per heavy atom. The van der Waals surface area contributed by atoms with Crippen molar-refractivity contribution in [1.82, 2.24) is 0 Å². The molecule has 104 valence electrons. The summed E-state index contributed by atoms with van der Waals surface area (Å²) in [6.45, 7) is 1.42. The van der Waals surface area contributed by atoms with Crippen molar-refractivity contribution >= 4 is 38.7 Å². The van der Waals surface area contributed by atoms with Crippen LogP contribution in [0.3, 0.4) is 0 Å². The van der Waals surface area contributed by atoms with Crippen LogP contribution in [0.4, 0.5) is 0 Å². The van der Waals surface area contributed by atoms with Gasteiger partial charge in [-0.3, -0.25) is 0 Å². The first-order valence-corrected chi connectivity index (χ1v) is 7.90. The summed E-state index contributed by atoms with van der Waals surface area (Å²) in [4.78, 5) is 0. The van der Waals surface area contributed by atoms with Gasteiger partial charge in [0.15, 0.2) is 11.5 Å². The van der Waals surface area contributed by atoms with Crippen LogP contribution in [0.15, 0.2) is 30.0 Å². The van der Waals surface area contributed by atoms with Gasteiger partial charge in [-0.25, -0.2) is 9.32 Å². The van der Waals surface area contributed by atoms with Crippen molar-refractivity contribution in [3.05, 3.63) is 39.2 Å². The molecule has 6 nitrogen and oxygen atoms in total. The van der Waals surface area contributed by atoms with Crippen LogP contribution in [0.5, 0.6) is 0 Å². The van der Waals surface area contributed by atoms with E-state index < -0.39 is 16.6 Å². The normalized spacial score (nSPS) is 19.2. The van der Waals surface area contributed by atoms with E-state index in [-0.39, 0.29) is 6.61 Å². The zero-order valence-corrected chi connectivity index (χ0v) is 13.0. The minimum Gasteiger partial charge on any atom is -0.453 e. The summed E-state index contributed by atoms with van der Waals surface area (Å²) in [5.41, 5.74) is 0.820. The highest BCUT2D eigenvalue weighted by Crippen LogP contribution is 2.32. The smallest absolute Gasteiger partial charge is 0.333 e. The summed E-state index contributed by atoms with van der Waals surface area (Å²) in [6, 6.07) is 7.52. The molecule has 0 saturated carbocycles. The number of halogens is 1. The van der Waals surface area contributed by atoms with Crippen molar-refractivity contribution < 1.29 is 22.1 Å². The van der Waals surface area contributed by atoms with Gasteiger partial charge in [-0.1, -0.05) is 18.2 Å². The zero-order valence-electron chi connectivity index (χ0n) is 10.00. The van der Waals surface area contributed by atoms with Crippen LogP contribution in [-0.4, -0.2) is 21.3 Å². The largest absolute Gasteiger partial charge is 0.453 e. The maximum Gasteiger partial charge on any atom is 0.333 e. The second-order valence-corrected chi connectivity index (χ2v) is 6.17. The molecule has 2 N–H and O–H groups in total. The van der Waals surface area contributed by atoms with E-state index in [1.165, 1.54) is 0 Å². The predicted octanol–water partition coefficient (Wildman–Crippen LogP) is 1.57. The van der Waals surface area contributed by atoms with Crippen molar-refractivity contribution in [2.75, 3.05) is 6.61 Å². The summed E-state index contributed by atoms with van der Waals surface area (Å²) in [7, 11) is -4.02. The third-order valence-corrected chi connectivity index (χ3v) is 3.71. The Labute approximate surface area is 124 Å². The Bertz CT molecular complexity index is 613. The Kier molecular flexibility index (Phi) is 4.33. The SMILES string of the molecule is CC1OC(COS(N)(=O)=O)=C(c2ccccc2I)O1. The summed E-state index contributed by atoms with van der Waals surface area (Å²) in [5.74, 6) is 0.784. The van der Waals surface area contributed by atoms with E-state index in [9.17, 15) is 8.42 Å². The molecule has 19 heavy (non-hydrogen) atoms. The molecular formula is C11H12INO5S. The summed E-state index contributed by atoms with van der Waals surface area (Å²) < 4.78 is 38.1. The molecule has 2 rings (SSSR count). The lowest BCUT2D eigenvalue weighted by Gasteiger charge is -2.06. The van der Waals surface area contributed by atoms with Crippen molar-refractivity contribution in [2.24, 2.45) is 5.14 Å². The third-order valence-electron chi connectivity index (χ3n) is 2.32.